The second kappa shape index (κ2) is 10.1. The second-order valence-electron chi connectivity index (χ2n) is 8.40. The Kier molecular flexibility index (Phi) is 7.50. The van der Waals surface area contributed by atoms with Crippen LogP contribution in [0.4, 0.5) is 4.79 Å². The van der Waals surface area contributed by atoms with Gasteiger partial charge in [0.1, 0.15) is 6.04 Å². The molecule has 3 aliphatic heterocycles. The van der Waals surface area contributed by atoms with Crippen molar-refractivity contribution in [3.8, 4) is 0 Å². The molecule has 0 aliphatic carbocycles. The Morgan fingerprint density at radius 2 is 2.06 bits per heavy atom. The van der Waals surface area contributed by atoms with Crippen molar-refractivity contribution >= 4 is 33.4 Å². The number of urea groups is 1. The topological polar surface area (TPSA) is 158 Å². The van der Waals surface area contributed by atoms with E-state index in [2.05, 4.69) is 24.6 Å². The van der Waals surface area contributed by atoms with Gasteiger partial charge in [-0.25, -0.2) is 23.7 Å². The number of hydroxylamine groups is 3. The average Bonchev–Trinajstić information content (AvgIpc) is 3.47. The van der Waals surface area contributed by atoms with Crippen molar-refractivity contribution in [3.63, 3.8) is 0 Å². The van der Waals surface area contributed by atoms with E-state index < -0.39 is 34.4 Å². The zero-order valence-corrected chi connectivity index (χ0v) is 21.3. The Balaban J connectivity index is 0.00000274. The molecule has 3 aliphatic rings. The number of amides is 3. The molecule has 0 spiro atoms. The first-order chi connectivity index (χ1) is 15.8. The number of benzene rings is 1. The maximum Gasteiger partial charge on any atom is 1.00 e. The molecule has 1 aromatic carbocycles. The molecule has 3 saturated heterocycles. The quantitative estimate of drug-likeness (QED) is 0.171. The first-order valence-electron chi connectivity index (χ1n) is 10.6. The van der Waals surface area contributed by atoms with E-state index in [1.165, 1.54) is 4.90 Å². The third-order valence-electron chi connectivity index (χ3n) is 6.33. The summed E-state index contributed by atoms with van der Waals surface area (Å²) in [6, 6.07) is 5.89. The number of aromatic nitrogens is 2. The number of nitrogens with one attached hydrogen (secondary N) is 2. The number of rotatable bonds is 7. The van der Waals surface area contributed by atoms with Gasteiger partial charge >= 0.3 is 35.6 Å². The van der Waals surface area contributed by atoms with E-state index in [4.69, 9.17) is 4.84 Å². The summed E-state index contributed by atoms with van der Waals surface area (Å²) < 4.78 is 39.0. The maximum atomic E-state index is 12.6. The predicted octanol–water partition coefficient (Wildman–Crippen LogP) is -3.35. The van der Waals surface area contributed by atoms with E-state index in [9.17, 15) is 22.6 Å². The molecule has 178 valence electrons. The summed E-state index contributed by atoms with van der Waals surface area (Å²) in [4.78, 5) is 36.0. The summed E-state index contributed by atoms with van der Waals surface area (Å²) in [5, 5.41) is 3.92. The number of carbonyl (C=O) groups excluding carboxylic acids is 2. The standard InChI is InChI=1S/C19H24N6O7S.Na/c26-18(17-6-5-13-9-23(17)19(27)25(13)32-33(28,29)30)22-31-10-12-7-14(8-20-12)24-11-21-15-3-1-2-4-16(15)24;/h1-4,11-14,17,20H,5-10H2,(H,22,26)(H,28,29,30);/q;+1/p-1/t12-,13+,14-,17-;/m0./s1. The number of nitrogens with zero attached hydrogens (tertiary/aromatic N) is 4. The van der Waals surface area contributed by atoms with Gasteiger partial charge in [-0.05, 0) is 31.4 Å². The van der Waals surface area contributed by atoms with Crippen molar-refractivity contribution in [2.24, 2.45) is 0 Å². The summed E-state index contributed by atoms with van der Waals surface area (Å²) in [7, 11) is -5.08. The van der Waals surface area contributed by atoms with E-state index >= 15 is 0 Å². The van der Waals surface area contributed by atoms with E-state index in [0.717, 1.165) is 24.0 Å². The summed E-state index contributed by atoms with van der Waals surface area (Å²) in [5.74, 6) is -0.510. The molecular formula is C19H23N6NaO7S. The van der Waals surface area contributed by atoms with Crippen LogP contribution in [0.3, 0.4) is 0 Å². The van der Waals surface area contributed by atoms with Gasteiger partial charge in [0.2, 0.25) is 10.4 Å². The Morgan fingerprint density at radius 3 is 2.85 bits per heavy atom. The van der Waals surface area contributed by atoms with Gasteiger partial charge in [-0.1, -0.05) is 12.1 Å². The number of carbonyl (C=O) groups is 2. The van der Waals surface area contributed by atoms with Crippen molar-refractivity contribution < 1.29 is 61.2 Å². The van der Waals surface area contributed by atoms with Crippen LogP contribution in [0.2, 0.25) is 0 Å². The van der Waals surface area contributed by atoms with Crippen molar-refractivity contribution in [2.45, 2.75) is 43.4 Å². The fraction of sp³-hybridized carbons (Fsp3) is 0.526. The Labute approximate surface area is 217 Å². The summed E-state index contributed by atoms with van der Waals surface area (Å²) in [6.07, 6.45) is 3.24. The van der Waals surface area contributed by atoms with Crippen LogP contribution in [0.25, 0.3) is 11.0 Å². The van der Waals surface area contributed by atoms with Gasteiger partial charge in [0.05, 0.1) is 30.0 Å². The van der Waals surface area contributed by atoms with Crippen LogP contribution in [-0.4, -0.2) is 82.2 Å². The third-order valence-corrected chi connectivity index (χ3v) is 6.67. The van der Waals surface area contributed by atoms with E-state index in [1.807, 2.05) is 30.6 Å². The monoisotopic (exact) mass is 502 g/mol. The van der Waals surface area contributed by atoms with E-state index in [0.29, 0.717) is 17.9 Å². The predicted molar refractivity (Wildman–Crippen MR) is 111 cm³/mol. The van der Waals surface area contributed by atoms with E-state index in [-0.39, 0.29) is 54.8 Å². The Morgan fingerprint density at radius 1 is 1.26 bits per heavy atom. The molecule has 13 nitrogen and oxygen atoms in total. The smallest absolute Gasteiger partial charge is 0.724 e. The van der Waals surface area contributed by atoms with Gasteiger partial charge in [0, 0.05) is 25.2 Å². The second-order valence-corrected chi connectivity index (χ2v) is 9.37. The van der Waals surface area contributed by atoms with E-state index in [1.54, 1.807) is 0 Å². The molecule has 1 aromatic heterocycles. The van der Waals surface area contributed by atoms with Gasteiger partial charge in [-0.2, -0.15) is 9.35 Å². The van der Waals surface area contributed by atoms with Gasteiger partial charge in [-0.15, -0.1) is 0 Å². The van der Waals surface area contributed by atoms with Crippen molar-refractivity contribution in [2.75, 3.05) is 19.7 Å². The zero-order chi connectivity index (χ0) is 23.2. The molecule has 4 heterocycles. The third kappa shape index (κ3) is 5.09. The molecule has 0 unspecified atom stereocenters. The van der Waals surface area contributed by atoms with Crippen molar-refractivity contribution in [1.29, 1.82) is 0 Å². The normalized spacial score (nSPS) is 26.7. The Bertz CT molecular complexity index is 1180. The fourth-order valence-corrected chi connectivity index (χ4v) is 5.17. The largest absolute Gasteiger partial charge is 1.00 e. The van der Waals surface area contributed by atoms with Gasteiger partial charge < -0.3 is 19.3 Å². The first kappa shape index (κ1) is 25.3. The van der Waals surface area contributed by atoms with Crippen LogP contribution in [0.1, 0.15) is 25.3 Å². The molecule has 0 saturated carbocycles. The Hall–Kier alpha value is -1.78. The summed E-state index contributed by atoms with van der Waals surface area (Å²) >= 11 is 0. The number of hydrogen-bond acceptors (Lipinski definition) is 9. The SMILES string of the molecule is O=C(NOC[C@@H]1C[C@H](n2cnc3ccccc32)CN1)[C@@H]1CC[C@@H]2CN1C(=O)N2OS(=O)(=O)[O-].[Na+]. The summed E-state index contributed by atoms with van der Waals surface area (Å²) in [6.45, 7) is 1.08. The molecule has 5 rings (SSSR count). The minimum absolute atomic E-state index is 0. The molecule has 3 fully saturated rings. The molecule has 2 N–H and O–H groups in total. The molecule has 2 bridgehead atoms. The van der Waals surface area contributed by atoms with Crippen molar-refractivity contribution in [3.05, 3.63) is 30.6 Å². The van der Waals surface area contributed by atoms with Crippen LogP contribution in [0, 0.1) is 0 Å². The number of hydrogen-bond donors (Lipinski definition) is 2. The number of fused-ring (bicyclic) bond motifs is 3. The molecule has 2 aromatic rings. The van der Waals surface area contributed by atoms with Gasteiger partial charge in [0.15, 0.2) is 0 Å². The summed E-state index contributed by atoms with van der Waals surface area (Å²) in [5.41, 5.74) is 4.39. The maximum absolute atomic E-state index is 12.6. The molecule has 0 radical (unpaired) electrons. The minimum Gasteiger partial charge on any atom is -0.724 e. The van der Waals surface area contributed by atoms with Crippen LogP contribution in [-0.2, 0) is 24.3 Å². The number of piperidine rings is 1. The zero-order valence-electron chi connectivity index (χ0n) is 18.5. The van der Waals surface area contributed by atoms with Crippen LogP contribution in [0.15, 0.2) is 30.6 Å². The average molecular weight is 502 g/mol. The molecule has 4 atom stereocenters. The molecular weight excluding hydrogens is 479 g/mol. The number of para-hydroxylation sites is 2. The van der Waals surface area contributed by atoms with Gasteiger partial charge in [0.25, 0.3) is 5.91 Å². The number of imidazole rings is 1. The minimum atomic E-state index is -5.08. The van der Waals surface area contributed by atoms with Crippen LogP contribution in [0.5, 0.6) is 0 Å². The molecule has 3 amide bonds. The van der Waals surface area contributed by atoms with Gasteiger partial charge in [-0.3, -0.25) is 9.63 Å². The molecule has 34 heavy (non-hydrogen) atoms. The van der Waals surface area contributed by atoms with Crippen LogP contribution >= 0.6 is 0 Å². The first-order valence-corrected chi connectivity index (χ1v) is 12.0. The molecule has 15 heteroatoms. The fourth-order valence-electron chi connectivity index (χ4n) is 4.79. The van der Waals surface area contributed by atoms with Crippen molar-refractivity contribution in [1.82, 2.24) is 30.3 Å². The van der Waals surface area contributed by atoms with Crippen LogP contribution < -0.4 is 40.4 Å².